The van der Waals surface area contributed by atoms with Crippen molar-refractivity contribution in [3.8, 4) is 11.5 Å². The number of hydrogen-bond donors (Lipinski definition) is 1. The number of methoxy groups -OCH3 is 2. The first-order chi connectivity index (χ1) is 16.4. The normalized spacial score (nSPS) is 19.9. The third-order valence-corrected chi connectivity index (χ3v) is 6.78. The molecule has 0 saturated heterocycles. The van der Waals surface area contributed by atoms with Gasteiger partial charge in [0, 0.05) is 4.92 Å². The molecule has 0 bridgehead atoms. The number of ether oxygens (including phenoxy) is 2. The van der Waals surface area contributed by atoms with Gasteiger partial charge < -0.3 is 14.6 Å². The lowest BCUT2D eigenvalue weighted by Crippen LogP contribution is -2.61. The van der Waals surface area contributed by atoms with Gasteiger partial charge in [0.2, 0.25) is 0 Å². The summed E-state index contributed by atoms with van der Waals surface area (Å²) < 4.78 is 10.7. The fourth-order valence-electron chi connectivity index (χ4n) is 5.20. The molecule has 3 aromatic rings. The lowest BCUT2D eigenvalue weighted by atomic mass is 9.53. The summed E-state index contributed by atoms with van der Waals surface area (Å²) in [5, 5.41) is 23.4. The number of nitrogens with zero attached hydrogens (tertiary/aromatic N) is 1. The predicted octanol–water partition coefficient (Wildman–Crippen LogP) is 5.70. The molecule has 0 saturated carbocycles. The molecule has 2 unspecified atom stereocenters. The maximum atomic E-state index is 13.2. The summed E-state index contributed by atoms with van der Waals surface area (Å²) in [6, 6.07) is 24.2. The van der Waals surface area contributed by atoms with Gasteiger partial charge in [0.05, 0.1) is 20.1 Å². The average molecular weight is 458 g/mol. The number of allylic oxidation sites excluding steroid dienone is 1. The lowest BCUT2D eigenvalue weighted by Gasteiger charge is -2.47. The highest BCUT2D eigenvalue weighted by molar-refractivity contribution is 5.58. The van der Waals surface area contributed by atoms with Crippen LogP contribution in [0.2, 0.25) is 0 Å². The van der Waals surface area contributed by atoms with Crippen molar-refractivity contribution in [2.75, 3.05) is 14.2 Å². The van der Waals surface area contributed by atoms with Crippen LogP contribution in [0.3, 0.4) is 0 Å². The molecule has 1 aliphatic carbocycles. The second-order valence-corrected chi connectivity index (χ2v) is 8.37. The van der Waals surface area contributed by atoms with Crippen molar-refractivity contribution in [1.29, 1.82) is 0 Å². The molecule has 0 spiro atoms. The summed E-state index contributed by atoms with van der Waals surface area (Å²) >= 11 is 0. The van der Waals surface area contributed by atoms with Gasteiger partial charge in [-0.25, -0.2) is 0 Å². The zero-order valence-corrected chi connectivity index (χ0v) is 19.3. The number of hydrogen-bond acceptors (Lipinski definition) is 5. The van der Waals surface area contributed by atoms with Crippen molar-refractivity contribution >= 4 is 0 Å². The molecule has 6 heteroatoms. The van der Waals surface area contributed by atoms with E-state index < -0.39 is 16.9 Å². The maximum absolute atomic E-state index is 13.2. The Labute approximate surface area is 198 Å². The van der Waals surface area contributed by atoms with Crippen molar-refractivity contribution in [3.63, 3.8) is 0 Å². The fraction of sp³-hybridized carbons (Fsp3) is 0.214. The van der Waals surface area contributed by atoms with E-state index in [0.29, 0.717) is 11.5 Å². The maximum Gasteiger partial charge on any atom is 0.264 e. The Morgan fingerprint density at radius 3 is 1.74 bits per heavy atom. The van der Waals surface area contributed by atoms with Gasteiger partial charge in [-0.3, -0.25) is 10.1 Å². The number of rotatable bonds is 7. The van der Waals surface area contributed by atoms with Gasteiger partial charge in [0.1, 0.15) is 22.7 Å². The summed E-state index contributed by atoms with van der Waals surface area (Å²) in [5.41, 5.74) is -0.679. The second-order valence-electron chi connectivity index (χ2n) is 8.37. The molecule has 0 aliphatic heterocycles. The van der Waals surface area contributed by atoms with Crippen LogP contribution in [0.5, 0.6) is 11.5 Å². The van der Waals surface area contributed by atoms with E-state index in [1.165, 1.54) is 12.2 Å². The van der Waals surface area contributed by atoms with Crippen molar-refractivity contribution in [3.05, 3.63) is 130 Å². The minimum atomic E-state index is -1.65. The van der Waals surface area contributed by atoms with Crippen LogP contribution in [0.1, 0.15) is 23.6 Å². The third-order valence-electron chi connectivity index (χ3n) is 6.78. The molecule has 4 rings (SSSR count). The van der Waals surface area contributed by atoms with Gasteiger partial charge in [0.15, 0.2) is 0 Å². The number of nitro groups is 1. The SMILES string of the molecule is COc1ccc(C(c2ccccc2)(c2ccc(OC)cc2)C2([N+](=O)[O-])C=CC(O)=CC2C)cc1. The molecule has 6 nitrogen and oxygen atoms in total. The molecule has 0 amide bonds. The van der Waals surface area contributed by atoms with E-state index in [0.717, 1.165) is 16.7 Å². The second kappa shape index (κ2) is 9.06. The average Bonchev–Trinajstić information content (AvgIpc) is 2.87. The molecule has 0 heterocycles. The fourth-order valence-corrected chi connectivity index (χ4v) is 5.20. The van der Waals surface area contributed by atoms with Crippen molar-refractivity contribution < 1.29 is 19.5 Å². The minimum absolute atomic E-state index is 0.0106. The van der Waals surface area contributed by atoms with Crippen LogP contribution in [0.15, 0.2) is 103 Å². The molecule has 3 aromatic carbocycles. The molecule has 0 fully saturated rings. The molecule has 1 N–H and O–H groups in total. The Hall–Kier alpha value is -4.06. The number of aliphatic hydroxyl groups is 1. The number of benzene rings is 3. The van der Waals surface area contributed by atoms with Gasteiger partial charge in [0.25, 0.3) is 5.54 Å². The summed E-state index contributed by atoms with van der Waals surface area (Å²) in [4.78, 5) is 13.0. The van der Waals surface area contributed by atoms with Crippen LogP contribution in [-0.4, -0.2) is 29.8 Å². The zero-order valence-electron chi connectivity index (χ0n) is 19.3. The highest BCUT2D eigenvalue weighted by atomic mass is 16.6. The van der Waals surface area contributed by atoms with Gasteiger partial charge in [-0.15, -0.1) is 0 Å². The topological polar surface area (TPSA) is 81.8 Å². The van der Waals surface area contributed by atoms with E-state index in [-0.39, 0.29) is 10.7 Å². The van der Waals surface area contributed by atoms with E-state index in [1.807, 2.05) is 78.9 Å². The monoisotopic (exact) mass is 457 g/mol. The Balaban J connectivity index is 2.18. The summed E-state index contributed by atoms with van der Waals surface area (Å²) in [6.07, 6.45) is 4.51. The van der Waals surface area contributed by atoms with E-state index in [9.17, 15) is 15.2 Å². The Morgan fingerprint density at radius 2 is 1.32 bits per heavy atom. The van der Waals surface area contributed by atoms with Crippen LogP contribution < -0.4 is 9.47 Å². The van der Waals surface area contributed by atoms with E-state index >= 15 is 0 Å². The van der Waals surface area contributed by atoms with Crippen LogP contribution in [-0.2, 0) is 5.41 Å². The Bertz CT molecular complexity index is 1170. The molecule has 1 aliphatic rings. The molecule has 34 heavy (non-hydrogen) atoms. The highest BCUT2D eigenvalue weighted by Gasteiger charge is 2.65. The smallest absolute Gasteiger partial charge is 0.264 e. The van der Waals surface area contributed by atoms with Gasteiger partial charge >= 0.3 is 0 Å². The zero-order chi connectivity index (χ0) is 24.3. The van der Waals surface area contributed by atoms with Gasteiger partial charge in [-0.2, -0.15) is 0 Å². The minimum Gasteiger partial charge on any atom is -0.508 e. The van der Waals surface area contributed by atoms with Gasteiger partial charge in [-0.1, -0.05) is 61.5 Å². The van der Waals surface area contributed by atoms with Crippen molar-refractivity contribution in [2.24, 2.45) is 5.92 Å². The van der Waals surface area contributed by atoms with Crippen LogP contribution in [0, 0.1) is 16.0 Å². The molecular formula is C28H27NO5. The lowest BCUT2D eigenvalue weighted by molar-refractivity contribution is -0.572. The van der Waals surface area contributed by atoms with E-state index in [4.69, 9.17) is 9.47 Å². The van der Waals surface area contributed by atoms with Crippen LogP contribution >= 0.6 is 0 Å². The quantitative estimate of drug-likeness (QED) is 0.280. The van der Waals surface area contributed by atoms with Crippen LogP contribution in [0.4, 0.5) is 0 Å². The molecule has 174 valence electrons. The Kier molecular flexibility index (Phi) is 6.16. The molecular weight excluding hydrogens is 430 g/mol. The van der Waals surface area contributed by atoms with E-state index in [1.54, 1.807) is 27.2 Å². The molecule has 0 radical (unpaired) electrons. The molecule has 0 aromatic heterocycles. The van der Waals surface area contributed by atoms with Gasteiger partial charge in [-0.05, 0) is 59.2 Å². The summed E-state index contributed by atoms with van der Waals surface area (Å²) in [7, 11) is 3.17. The molecule has 2 atom stereocenters. The van der Waals surface area contributed by atoms with Crippen molar-refractivity contribution in [2.45, 2.75) is 17.9 Å². The van der Waals surface area contributed by atoms with E-state index in [2.05, 4.69) is 0 Å². The standard InChI is InChI=1S/C28H27NO5/c1-20-19-24(30)17-18-27(20,29(31)32)28(21-7-5-4-6-8-21,22-9-13-25(33-2)14-10-22)23-11-15-26(34-3)16-12-23/h4-20,30H,1-3H3. The Morgan fingerprint density at radius 1 is 0.853 bits per heavy atom. The number of aliphatic hydroxyl groups excluding tert-OH is 1. The summed E-state index contributed by atoms with van der Waals surface area (Å²) in [5.74, 6) is 0.675. The first-order valence-corrected chi connectivity index (χ1v) is 11.0. The van der Waals surface area contributed by atoms with Crippen LogP contribution in [0.25, 0.3) is 0 Å². The first-order valence-electron chi connectivity index (χ1n) is 11.0. The van der Waals surface area contributed by atoms with Crippen molar-refractivity contribution in [1.82, 2.24) is 0 Å². The summed E-state index contributed by atoms with van der Waals surface area (Å²) in [6.45, 7) is 1.77. The first kappa shape index (κ1) is 23.1. The highest BCUT2D eigenvalue weighted by Crippen LogP contribution is 2.54. The largest absolute Gasteiger partial charge is 0.508 e. The third kappa shape index (κ3) is 3.43. The predicted molar refractivity (Wildman–Crippen MR) is 131 cm³/mol.